The molecule has 2 heteroatoms. The highest BCUT2D eigenvalue weighted by Crippen LogP contribution is 2.33. The van der Waals surface area contributed by atoms with Crippen LogP contribution in [0.3, 0.4) is 0 Å². The van der Waals surface area contributed by atoms with E-state index in [9.17, 15) is 0 Å². The van der Waals surface area contributed by atoms with E-state index in [-0.39, 0.29) is 6.04 Å². The minimum Gasteiger partial charge on any atom is -0.378 e. The standard InChI is InChI=1S/C11H19NO/c1-3-5-10(12)6-9-7-11(8-9)13-4-2/h1,9-11H,4-8,12H2,2H3. The highest BCUT2D eigenvalue weighted by Gasteiger charge is 2.30. The Labute approximate surface area is 80.8 Å². The van der Waals surface area contributed by atoms with Gasteiger partial charge in [0.05, 0.1) is 6.10 Å². The predicted molar refractivity (Wildman–Crippen MR) is 54.2 cm³/mol. The lowest BCUT2D eigenvalue weighted by Gasteiger charge is -2.36. The molecule has 2 nitrogen and oxygen atoms in total. The lowest BCUT2D eigenvalue weighted by atomic mass is 9.78. The van der Waals surface area contributed by atoms with Crippen molar-refractivity contribution in [1.29, 1.82) is 0 Å². The van der Waals surface area contributed by atoms with Gasteiger partial charge >= 0.3 is 0 Å². The topological polar surface area (TPSA) is 35.2 Å². The summed E-state index contributed by atoms with van der Waals surface area (Å²) in [4.78, 5) is 0. The van der Waals surface area contributed by atoms with Crippen molar-refractivity contribution in [3.05, 3.63) is 0 Å². The fourth-order valence-corrected chi connectivity index (χ4v) is 1.90. The Kier molecular flexibility index (Phi) is 4.27. The van der Waals surface area contributed by atoms with E-state index in [0.717, 1.165) is 18.9 Å². The van der Waals surface area contributed by atoms with Gasteiger partial charge in [0.1, 0.15) is 0 Å². The van der Waals surface area contributed by atoms with Gasteiger partial charge in [-0.3, -0.25) is 0 Å². The summed E-state index contributed by atoms with van der Waals surface area (Å²) in [6.45, 7) is 2.87. The first-order chi connectivity index (χ1) is 6.26. The van der Waals surface area contributed by atoms with Crippen LogP contribution in [0, 0.1) is 18.3 Å². The van der Waals surface area contributed by atoms with Crippen LogP contribution in [0.5, 0.6) is 0 Å². The molecule has 0 amide bonds. The van der Waals surface area contributed by atoms with Gasteiger partial charge in [-0.15, -0.1) is 12.3 Å². The highest BCUT2D eigenvalue weighted by atomic mass is 16.5. The van der Waals surface area contributed by atoms with Gasteiger partial charge in [0.2, 0.25) is 0 Å². The number of ether oxygens (including phenoxy) is 1. The van der Waals surface area contributed by atoms with Gasteiger partial charge in [-0.25, -0.2) is 0 Å². The van der Waals surface area contributed by atoms with Crippen molar-refractivity contribution >= 4 is 0 Å². The lowest BCUT2D eigenvalue weighted by molar-refractivity contribution is -0.0279. The number of rotatable bonds is 5. The minimum atomic E-state index is 0.192. The van der Waals surface area contributed by atoms with E-state index in [1.165, 1.54) is 12.8 Å². The van der Waals surface area contributed by atoms with Gasteiger partial charge in [0.25, 0.3) is 0 Å². The zero-order valence-corrected chi connectivity index (χ0v) is 8.33. The van der Waals surface area contributed by atoms with E-state index < -0.39 is 0 Å². The third-order valence-corrected chi connectivity index (χ3v) is 2.61. The number of hydrogen-bond acceptors (Lipinski definition) is 2. The van der Waals surface area contributed by atoms with E-state index in [0.29, 0.717) is 12.5 Å². The summed E-state index contributed by atoms with van der Waals surface area (Å²) in [7, 11) is 0. The van der Waals surface area contributed by atoms with Crippen LogP contribution >= 0.6 is 0 Å². The molecule has 0 bridgehead atoms. The van der Waals surface area contributed by atoms with Crippen LogP contribution in [-0.4, -0.2) is 18.8 Å². The van der Waals surface area contributed by atoms with Gasteiger partial charge in [-0.2, -0.15) is 0 Å². The fraction of sp³-hybridized carbons (Fsp3) is 0.818. The van der Waals surface area contributed by atoms with Crippen molar-refractivity contribution in [2.45, 2.75) is 44.8 Å². The molecule has 1 saturated carbocycles. The molecule has 0 aliphatic heterocycles. The van der Waals surface area contributed by atoms with Crippen LogP contribution < -0.4 is 5.73 Å². The molecule has 1 aliphatic carbocycles. The molecule has 0 aromatic heterocycles. The molecule has 74 valence electrons. The highest BCUT2D eigenvalue weighted by molar-refractivity contribution is 4.91. The monoisotopic (exact) mass is 181 g/mol. The quantitative estimate of drug-likeness (QED) is 0.653. The molecule has 0 saturated heterocycles. The van der Waals surface area contributed by atoms with Crippen molar-refractivity contribution < 1.29 is 4.74 Å². The molecular formula is C11H19NO. The van der Waals surface area contributed by atoms with Crippen molar-refractivity contribution in [2.24, 2.45) is 11.7 Å². The molecule has 0 spiro atoms. The van der Waals surface area contributed by atoms with Crippen LogP contribution in [0.15, 0.2) is 0 Å². The molecular weight excluding hydrogens is 162 g/mol. The van der Waals surface area contributed by atoms with Gasteiger partial charge in [0.15, 0.2) is 0 Å². The van der Waals surface area contributed by atoms with Crippen LogP contribution in [0.2, 0.25) is 0 Å². The van der Waals surface area contributed by atoms with Gasteiger partial charge in [0, 0.05) is 19.1 Å². The second-order valence-corrected chi connectivity index (χ2v) is 3.82. The number of terminal acetylenes is 1. The van der Waals surface area contributed by atoms with Gasteiger partial charge in [-0.1, -0.05) is 0 Å². The third-order valence-electron chi connectivity index (χ3n) is 2.61. The molecule has 1 atom stereocenters. The Morgan fingerprint density at radius 3 is 2.85 bits per heavy atom. The van der Waals surface area contributed by atoms with Crippen LogP contribution in [-0.2, 0) is 4.74 Å². The number of hydrogen-bond donors (Lipinski definition) is 1. The third kappa shape index (κ3) is 3.38. The van der Waals surface area contributed by atoms with Gasteiger partial charge < -0.3 is 10.5 Å². The predicted octanol–water partition coefficient (Wildman–Crippen LogP) is 1.54. The van der Waals surface area contributed by atoms with Crippen LogP contribution in [0.25, 0.3) is 0 Å². The average Bonchev–Trinajstić information content (AvgIpc) is 2.01. The summed E-state index contributed by atoms with van der Waals surface area (Å²) >= 11 is 0. The second-order valence-electron chi connectivity index (χ2n) is 3.82. The zero-order valence-electron chi connectivity index (χ0n) is 8.33. The molecule has 2 N–H and O–H groups in total. The first-order valence-corrected chi connectivity index (χ1v) is 5.06. The zero-order chi connectivity index (χ0) is 9.68. The normalized spacial score (nSPS) is 29.0. The van der Waals surface area contributed by atoms with Crippen LogP contribution in [0.1, 0.15) is 32.6 Å². The fourth-order valence-electron chi connectivity index (χ4n) is 1.90. The smallest absolute Gasteiger partial charge is 0.0580 e. The maximum absolute atomic E-state index is 5.83. The summed E-state index contributed by atoms with van der Waals surface area (Å²) < 4.78 is 5.47. The number of nitrogens with two attached hydrogens (primary N) is 1. The van der Waals surface area contributed by atoms with E-state index in [1.54, 1.807) is 0 Å². The maximum Gasteiger partial charge on any atom is 0.0580 e. The first-order valence-electron chi connectivity index (χ1n) is 5.06. The van der Waals surface area contributed by atoms with Crippen LogP contribution in [0.4, 0.5) is 0 Å². The molecule has 13 heavy (non-hydrogen) atoms. The summed E-state index contributed by atoms with van der Waals surface area (Å²) in [5, 5.41) is 0. The lowest BCUT2D eigenvalue weighted by Crippen LogP contribution is -2.35. The average molecular weight is 181 g/mol. The summed E-state index contributed by atoms with van der Waals surface area (Å²) in [6.07, 6.45) is 9.79. The van der Waals surface area contributed by atoms with Gasteiger partial charge in [-0.05, 0) is 32.1 Å². The minimum absolute atomic E-state index is 0.192. The summed E-state index contributed by atoms with van der Waals surface area (Å²) in [5.74, 6) is 3.35. The van der Waals surface area contributed by atoms with Crippen molar-refractivity contribution in [3.63, 3.8) is 0 Å². The molecule has 0 heterocycles. The molecule has 1 aliphatic rings. The SMILES string of the molecule is C#CCC(N)CC1CC(OCC)C1. The van der Waals surface area contributed by atoms with E-state index >= 15 is 0 Å². The summed E-state index contributed by atoms with van der Waals surface area (Å²) in [6, 6.07) is 0.192. The van der Waals surface area contributed by atoms with E-state index in [1.807, 2.05) is 6.92 Å². The summed E-state index contributed by atoms with van der Waals surface area (Å²) in [5.41, 5.74) is 5.83. The van der Waals surface area contributed by atoms with E-state index in [4.69, 9.17) is 16.9 Å². The second kappa shape index (κ2) is 5.26. The molecule has 0 radical (unpaired) electrons. The van der Waals surface area contributed by atoms with Crippen molar-refractivity contribution in [3.8, 4) is 12.3 Å². The van der Waals surface area contributed by atoms with Crippen molar-refractivity contribution in [2.75, 3.05) is 6.61 Å². The Balaban J connectivity index is 2.04. The molecule has 1 fully saturated rings. The molecule has 1 unspecified atom stereocenters. The maximum atomic E-state index is 5.83. The largest absolute Gasteiger partial charge is 0.378 e. The Hall–Kier alpha value is -0.520. The molecule has 1 rings (SSSR count). The molecule has 0 aromatic rings. The van der Waals surface area contributed by atoms with E-state index in [2.05, 4.69) is 5.92 Å². The Morgan fingerprint density at radius 2 is 2.31 bits per heavy atom. The first kappa shape index (κ1) is 10.6. The Morgan fingerprint density at radius 1 is 1.62 bits per heavy atom. The molecule has 0 aromatic carbocycles. The van der Waals surface area contributed by atoms with Crippen molar-refractivity contribution in [1.82, 2.24) is 0 Å². The Bertz CT molecular complexity index is 179.